The maximum absolute atomic E-state index is 5.65. The number of hydrogen-bond donors (Lipinski definition) is 2. The number of aryl methyl sites for hydroxylation is 1. The van der Waals surface area contributed by atoms with Crippen molar-refractivity contribution in [2.45, 2.75) is 53.0 Å². The van der Waals surface area contributed by atoms with Crippen LogP contribution in [0.25, 0.3) is 0 Å². The predicted molar refractivity (Wildman–Crippen MR) is 79.2 cm³/mol. The second-order valence-corrected chi connectivity index (χ2v) is 5.59. The lowest BCUT2D eigenvalue weighted by molar-refractivity contribution is 0.403. The molecule has 3 N–H and O–H groups in total. The molecule has 0 saturated heterocycles. The zero-order valence-electron chi connectivity index (χ0n) is 12.8. The van der Waals surface area contributed by atoms with E-state index in [1.165, 1.54) is 0 Å². The second-order valence-electron chi connectivity index (χ2n) is 5.59. The molecule has 1 heterocycles. The molecule has 0 aliphatic carbocycles. The fraction of sp³-hybridized carbons (Fsp3) is 0.667. The van der Waals surface area contributed by atoms with Crippen molar-refractivity contribution in [1.29, 1.82) is 0 Å². The number of aromatic nitrogens is 1. The van der Waals surface area contributed by atoms with Crippen molar-refractivity contribution >= 4 is 0 Å². The first-order chi connectivity index (χ1) is 8.99. The summed E-state index contributed by atoms with van der Waals surface area (Å²) in [4.78, 5) is 4.53. The van der Waals surface area contributed by atoms with Crippen LogP contribution >= 0.6 is 0 Å². The van der Waals surface area contributed by atoms with Gasteiger partial charge in [0.05, 0.1) is 7.11 Å². The Balaban J connectivity index is 2.80. The van der Waals surface area contributed by atoms with Gasteiger partial charge in [0.1, 0.15) is 5.75 Å². The van der Waals surface area contributed by atoms with E-state index < -0.39 is 0 Å². The molecule has 0 bridgehead atoms. The van der Waals surface area contributed by atoms with Crippen molar-refractivity contribution < 1.29 is 4.74 Å². The standard InChI is InChI=1S/C15H27N3O/c1-10(2)6-7-13(18-16)8-14-12(4)15(19-5)11(3)9-17-14/h9-10,13,18H,6-8,16H2,1-5H3. The predicted octanol–water partition coefficient (Wildman–Crippen LogP) is 2.52. The monoisotopic (exact) mass is 265 g/mol. The minimum atomic E-state index is 0.265. The maximum Gasteiger partial charge on any atom is 0.128 e. The van der Waals surface area contributed by atoms with E-state index in [-0.39, 0.29) is 6.04 Å². The van der Waals surface area contributed by atoms with Crippen molar-refractivity contribution in [3.8, 4) is 5.75 Å². The first-order valence-corrected chi connectivity index (χ1v) is 6.94. The Morgan fingerprint density at radius 3 is 2.53 bits per heavy atom. The average Bonchev–Trinajstić information content (AvgIpc) is 2.37. The first-order valence-electron chi connectivity index (χ1n) is 6.94. The molecule has 19 heavy (non-hydrogen) atoms. The molecule has 1 aromatic rings. The lowest BCUT2D eigenvalue weighted by atomic mass is 9.98. The van der Waals surface area contributed by atoms with E-state index in [1.54, 1.807) is 7.11 Å². The molecule has 0 aliphatic rings. The van der Waals surface area contributed by atoms with E-state index in [0.29, 0.717) is 5.92 Å². The lowest BCUT2D eigenvalue weighted by Gasteiger charge is -2.19. The van der Waals surface area contributed by atoms with Gasteiger partial charge in [-0.15, -0.1) is 0 Å². The number of ether oxygens (including phenoxy) is 1. The summed E-state index contributed by atoms with van der Waals surface area (Å²) < 4.78 is 5.44. The number of nitrogens with zero attached hydrogens (tertiary/aromatic N) is 1. The largest absolute Gasteiger partial charge is 0.496 e. The maximum atomic E-state index is 5.65. The van der Waals surface area contributed by atoms with Crippen molar-refractivity contribution in [2.75, 3.05) is 7.11 Å². The molecule has 4 heteroatoms. The Labute approximate surface area is 116 Å². The van der Waals surface area contributed by atoms with Crippen LogP contribution in [0.5, 0.6) is 5.75 Å². The third-order valence-electron chi connectivity index (χ3n) is 3.52. The average molecular weight is 265 g/mol. The van der Waals surface area contributed by atoms with E-state index in [4.69, 9.17) is 10.6 Å². The molecule has 1 rings (SSSR count). The molecule has 0 aliphatic heterocycles. The number of rotatable bonds is 7. The topological polar surface area (TPSA) is 60.2 Å². The van der Waals surface area contributed by atoms with Gasteiger partial charge in [-0.2, -0.15) is 0 Å². The molecule has 0 aromatic carbocycles. The van der Waals surface area contributed by atoms with Crippen LogP contribution in [0, 0.1) is 19.8 Å². The fourth-order valence-electron chi connectivity index (χ4n) is 2.29. The first kappa shape index (κ1) is 15.9. The summed E-state index contributed by atoms with van der Waals surface area (Å²) in [5, 5.41) is 0. The zero-order chi connectivity index (χ0) is 14.4. The van der Waals surface area contributed by atoms with Crippen LogP contribution < -0.4 is 16.0 Å². The molecule has 0 radical (unpaired) electrons. The normalized spacial score (nSPS) is 12.8. The number of hydrogen-bond acceptors (Lipinski definition) is 4. The van der Waals surface area contributed by atoms with Gasteiger partial charge in [0.2, 0.25) is 0 Å². The van der Waals surface area contributed by atoms with Crippen LogP contribution in [0.3, 0.4) is 0 Å². The zero-order valence-corrected chi connectivity index (χ0v) is 12.8. The molecule has 1 atom stereocenters. The summed E-state index contributed by atoms with van der Waals surface area (Å²) in [7, 11) is 1.70. The van der Waals surface area contributed by atoms with E-state index in [9.17, 15) is 0 Å². The van der Waals surface area contributed by atoms with Crippen molar-refractivity contribution in [3.63, 3.8) is 0 Å². The third kappa shape index (κ3) is 4.48. The van der Waals surface area contributed by atoms with E-state index in [1.807, 2.05) is 13.1 Å². The molecule has 0 fully saturated rings. The smallest absolute Gasteiger partial charge is 0.128 e. The van der Waals surface area contributed by atoms with Crippen LogP contribution in [0.2, 0.25) is 0 Å². The highest BCUT2D eigenvalue weighted by atomic mass is 16.5. The van der Waals surface area contributed by atoms with Gasteiger partial charge in [0.25, 0.3) is 0 Å². The number of hydrazine groups is 1. The van der Waals surface area contributed by atoms with Gasteiger partial charge >= 0.3 is 0 Å². The summed E-state index contributed by atoms with van der Waals surface area (Å²) in [6.07, 6.45) is 4.94. The highest BCUT2D eigenvalue weighted by molar-refractivity contribution is 5.41. The molecular weight excluding hydrogens is 238 g/mol. The number of nitrogens with one attached hydrogen (secondary N) is 1. The van der Waals surface area contributed by atoms with Crippen LogP contribution in [0.1, 0.15) is 43.5 Å². The molecule has 1 aromatic heterocycles. The summed E-state index contributed by atoms with van der Waals surface area (Å²) in [5.74, 6) is 7.28. The van der Waals surface area contributed by atoms with Crippen molar-refractivity contribution in [3.05, 3.63) is 23.0 Å². The lowest BCUT2D eigenvalue weighted by Crippen LogP contribution is -2.37. The van der Waals surface area contributed by atoms with Crippen LogP contribution in [-0.2, 0) is 6.42 Å². The Morgan fingerprint density at radius 2 is 2.00 bits per heavy atom. The molecule has 1 unspecified atom stereocenters. The van der Waals surface area contributed by atoms with Gasteiger partial charge < -0.3 is 4.74 Å². The van der Waals surface area contributed by atoms with E-state index >= 15 is 0 Å². The molecule has 0 spiro atoms. The van der Waals surface area contributed by atoms with E-state index in [0.717, 1.165) is 41.8 Å². The minimum Gasteiger partial charge on any atom is -0.496 e. The van der Waals surface area contributed by atoms with Gasteiger partial charge in [0, 0.05) is 35.5 Å². The summed E-state index contributed by atoms with van der Waals surface area (Å²) in [5.41, 5.74) is 6.16. The molecular formula is C15H27N3O. The van der Waals surface area contributed by atoms with Crippen LogP contribution in [0.4, 0.5) is 0 Å². The van der Waals surface area contributed by atoms with Gasteiger partial charge in [0.15, 0.2) is 0 Å². The summed E-state index contributed by atoms with van der Waals surface area (Å²) >= 11 is 0. The Morgan fingerprint density at radius 1 is 1.32 bits per heavy atom. The third-order valence-corrected chi connectivity index (χ3v) is 3.52. The highest BCUT2D eigenvalue weighted by Gasteiger charge is 2.14. The SMILES string of the molecule is COc1c(C)cnc(CC(CCC(C)C)NN)c1C. The second kappa shape index (κ2) is 7.46. The number of methoxy groups -OCH3 is 1. The highest BCUT2D eigenvalue weighted by Crippen LogP contribution is 2.25. The molecule has 4 nitrogen and oxygen atoms in total. The van der Waals surface area contributed by atoms with Gasteiger partial charge in [-0.3, -0.25) is 16.3 Å². The Kier molecular flexibility index (Phi) is 6.25. The van der Waals surface area contributed by atoms with Crippen LogP contribution in [0.15, 0.2) is 6.20 Å². The minimum absolute atomic E-state index is 0.265. The molecule has 0 saturated carbocycles. The number of pyridine rings is 1. The Hall–Kier alpha value is -1.13. The summed E-state index contributed by atoms with van der Waals surface area (Å²) in [6.45, 7) is 8.53. The molecule has 0 amide bonds. The van der Waals surface area contributed by atoms with E-state index in [2.05, 4.69) is 31.2 Å². The Bertz CT molecular complexity index is 405. The molecule has 108 valence electrons. The van der Waals surface area contributed by atoms with Crippen LogP contribution in [-0.4, -0.2) is 18.1 Å². The van der Waals surface area contributed by atoms with Crippen molar-refractivity contribution in [1.82, 2.24) is 10.4 Å². The summed E-state index contributed by atoms with van der Waals surface area (Å²) in [6, 6.07) is 0.265. The van der Waals surface area contributed by atoms with Gasteiger partial charge in [-0.25, -0.2) is 0 Å². The van der Waals surface area contributed by atoms with Gasteiger partial charge in [-0.1, -0.05) is 13.8 Å². The fourth-order valence-corrected chi connectivity index (χ4v) is 2.29. The van der Waals surface area contributed by atoms with Crippen molar-refractivity contribution in [2.24, 2.45) is 11.8 Å². The van der Waals surface area contributed by atoms with Gasteiger partial charge in [-0.05, 0) is 32.6 Å². The quantitative estimate of drug-likeness (QED) is 0.587. The number of nitrogens with two attached hydrogens (primary N) is 1.